The number of carbonyl (C=O) groups excluding carboxylic acids is 1. The minimum absolute atomic E-state index is 0.0355. The molecule has 24 heavy (non-hydrogen) atoms. The number of amides is 1. The lowest BCUT2D eigenvalue weighted by Crippen LogP contribution is -2.40. The van der Waals surface area contributed by atoms with E-state index in [1.807, 2.05) is 19.1 Å². The molecule has 0 spiro atoms. The molecule has 1 amide bonds. The summed E-state index contributed by atoms with van der Waals surface area (Å²) in [5.41, 5.74) is 2.51. The van der Waals surface area contributed by atoms with Gasteiger partial charge in [0.1, 0.15) is 11.6 Å². The maximum Gasteiger partial charge on any atom is 0.261 e. The summed E-state index contributed by atoms with van der Waals surface area (Å²) in [6, 6.07) is 14.0. The van der Waals surface area contributed by atoms with Gasteiger partial charge in [0.25, 0.3) is 5.91 Å². The van der Waals surface area contributed by atoms with E-state index in [9.17, 15) is 9.18 Å². The summed E-state index contributed by atoms with van der Waals surface area (Å²) in [6.45, 7) is 1.91. The van der Waals surface area contributed by atoms with Gasteiger partial charge in [0.15, 0.2) is 6.10 Å². The second-order valence-corrected chi connectivity index (χ2v) is 6.12. The van der Waals surface area contributed by atoms with E-state index >= 15 is 0 Å². The number of carbonyl (C=O) groups is 1. The number of ether oxygens (including phenoxy) is 1. The van der Waals surface area contributed by atoms with Crippen molar-refractivity contribution in [2.45, 2.75) is 44.8 Å². The molecule has 3 rings (SSSR count). The second-order valence-electron chi connectivity index (χ2n) is 6.12. The van der Waals surface area contributed by atoms with E-state index in [0.717, 1.165) is 19.3 Å². The first-order chi connectivity index (χ1) is 11.7. The normalized spacial score (nSPS) is 17.7. The molecular weight excluding hydrogens is 305 g/mol. The number of aryl methyl sites for hydroxylation is 1. The molecule has 0 heterocycles. The highest BCUT2D eigenvalue weighted by molar-refractivity contribution is 5.81. The summed E-state index contributed by atoms with van der Waals surface area (Å²) in [7, 11) is 0. The van der Waals surface area contributed by atoms with Crippen LogP contribution in [0.5, 0.6) is 5.75 Å². The summed E-state index contributed by atoms with van der Waals surface area (Å²) in [5, 5.41) is 3.12. The number of rotatable bonds is 5. The van der Waals surface area contributed by atoms with Gasteiger partial charge in [-0.15, -0.1) is 0 Å². The zero-order valence-electron chi connectivity index (χ0n) is 13.8. The van der Waals surface area contributed by atoms with Gasteiger partial charge in [-0.3, -0.25) is 4.79 Å². The Labute approximate surface area is 141 Å². The van der Waals surface area contributed by atoms with E-state index in [-0.39, 0.29) is 17.8 Å². The van der Waals surface area contributed by atoms with Crippen molar-refractivity contribution in [1.29, 1.82) is 0 Å². The molecule has 2 atom stereocenters. The molecule has 1 aliphatic carbocycles. The quantitative estimate of drug-likeness (QED) is 0.895. The molecule has 2 aromatic rings. The SMILES string of the molecule is CC[C@H](Oc1ccc(F)cc1)C(=O)N[C@@H]1CCCc2ccccc21. The molecule has 0 fully saturated rings. The average Bonchev–Trinajstić information content (AvgIpc) is 2.61. The van der Waals surface area contributed by atoms with Crippen LogP contribution in [0.25, 0.3) is 0 Å². The fourth-order valence-corrected chi connectivity index (χ4v) is 3.17. The molecule has 0 saturated carbocycles. The molecular formula is C20H22FNO2. The third-order valence-corrected chi connectivity index (χ3v) is 4.44. The summed E-state index contributed by atoms with van der Waals surface area (Å²) in [4.78, 5) is 12.6. The number of fused-ring (bicyclic) bond motifs is 1. The Bertz CT molecular complexity index is 699. The van der Waals surface area contributed by atoms with Crippen molar-refractivity contribution < 1.29 is 13.9 Å². The highest BCUT2D eigenvalue weighted by atomic mass is 19.1. The second kappa shape index (κ2) is 7.47. The van der Waals surface area contributed by atoms with Gasteiger partial charge in [0, 0.05) is 0 Å². The Kier molecular flexibility index (Phi) is 5.14. The van der Waals surface area contributed by atoms with Crippen molar-refractivity contribution in [1.82, 2.24) is 5.32 Å². The van der Waals surface area contributed by atoms with Crippen molar-refractivity contribution in [2.75, 3.05) is 0 Å². The Morgan fingerprint density at radius 1 is 1.25 bits per heavy atom. The molecule has 0 aromatic heterocycles. The fourth-order valence-electron chi connectivity index (χ4n) is 3.17. The standard InChI is InChI=1S/C20H22FNO2/c1-2-19(24-16-12-10-15(21)11-13-16)20(23)22-18-9-5-7-14-6-3-4-8-17(14)18/h3-4,6,8,10-13,18-19H,2,5,7,9H2,1H3,(H,22,23)/t18-,19+/m1/s1. The zero-order chi connectivity index (χ0) is 16.9. The number of hydrogen-bond donors (Lipinski definition) is 1. The number of hydrogen-bond acceptors (Lipinski definition) is 2. The van der Waals surface area contributed by atoms with Crippen LogP contribution in [-0.2, 0) is 11.2 Å². The van der Waals surface area contributed by atoms with Crippen LogP contribution in [0.1, 0.15) is 43.4 Å². The van der Waals surface area contributed by atoms with Crippen LogP contribution in [0.2, 0.25) is 0 Å². The van der Waals surface area contributed by atoms with E-state index in [1.54, 1.807) is 12.1 Å². The lowest BCUT2D eigenvalue weighted by Gasteiger charge is -2.28. The summed E-state index contributed by atoms with van der Waals surface area (Å²) < 4.78 is 18.7. The van der Waals surface area contributed by atoms with Crippen molar-refractivity contribution >= 4 is 5.91 Å². The van der Waals surface area contributed by atoms with Gasteiger partial charge in [-0.05, 0) is 61.1 Å². The molecule has 126 valence electrons. The lowest BCUT2D eigenvalue weighted by molar-refractivity contribution is -0.129. The first kappa shape index (κ1) is 16.5. The van der Waals surface area contributed by atoms with Crippen LogP contribution in [0.4, 0.5) is 4.39 Å². The van der Waals surface area contributed by atoms with Crippen LogP contribution in [0.15, 0.2) is 48.5 Å². The van der Waals surface area contributed by atoms with Crippen LogP contribution in [-0.4, -0.2) is 12.0 Å². The Morgan fingerprint density at radius 2 is 2.00 bits per heavy atom. The summed E-state index contributed by atoms with van der Waals surface area (Å²) in [6.07, 6.45) is 3.04. The molecule has 0 radical (unpaired) electrons. The predicted molar refractivity (Wildman–Crippen MR) is 91.4 cm³/mol. The minimum atomic E-state index is -0.579. The molecule has 0 bridgehead atoms. The van der Waals surface area contributed by atoms with Crippen molar-refractivity contribution in [3.8, 4) is 5.75 Å². The highest BCUT2D eigenvalue weighted by Crippen LogP contribution is 2.29. The Hall–Kier alpha value is -2.36. The van der Waals surface area contributed by atoms with E-state index in [4.69, 9.17) is 4.74 Å². The molecule has 3 nitrogen and oxygen atoms in total. The maximum absolute atomic E-state index is 13.0. The van der Waals surface area contributed by atoms with Gasteiger partial charge >= 0.3 is 0 Å². The first-order valence-corrected chi connectivity index (χ1v) is 8.47. The predicted octanol–water partition coefficient (Wildman–Crippen LogP) is 4.18. The molecule has 0 saturated heterocycles. The molecule has 0 unspecified atom stereocenters. The van der Waals surface area contributed by atoms with E-state index in [1.165, 1.54) is 23.3 Å². The van der Waals surface area contributed by atoms with Gasteiger partial charge in [-0.2, -0.15) is 0 Å². The topological polar surface area (TPSA) is 38.3 Å². The van der Waals surface area contributed by atoms with Crippen LogP contribution < -0.4 is 10.1 Å². The van der Waals surface area contributed by atoms with E-state index in [0.29, 0.717) is 12.2 Å². The smallest absolute Gasteiger partial charge is 0.261 e. The lowest BCUT2D eigenvalue weighted by atomic mass is 9.87. The summed E-state index contributed by atoms with van der Waals surface area (Å²) in [5.74, 6) is 0.0598. The average molecular weight is 327 g/mol. The fraction of sp³-hybridized carbons (Fsp3) is 0.350. The highest BCUT2D eigenvalue weighted by Gasteiger charge is 2.25. The third-order valence-electron chi connectivity index (χ3n) is 4.44. The maximum atomic E-state index is 13.0. The summed E-state index contributed by atoms with van der Waals surface area (Å²) >= 11 is 0. The van der Waals surface area contributed by atoms with Gasteiger partial charge in [-0.25, -0.2) is 4.39 Å². The number of benzene rings is 2. The number of halogens is 1. The Morgan fingerprint density at radius 3 is 2.75 bits per heavy atom. The van der Waals surface area contributed by atoms with Gasteiger partial charge in [0.05, 0.1) is 6.04 Å². The van der Waals surface area contributed by atoms with Crippen molar-refractivity contribution in [3.05, 3.63) is 65.5 Å². The first-order valence-electron chi connectivity index (χ1n) is 8.47. The zero-order valence-corrected chi connectivity index (χ0v) is 13.8. The Balaban J connectivity index is 1.68. The van der Waals surface area contributed by atoms with Crippen LogP contribution in [0.3, 0.4) is 0 Å². The molecule has 1 N–H and O–H groups in total. The van der Waals surface area contributed by atoms with E-state index < -0.39 is 6.10 Å². The molecule has 4 heteroatoms. The van der Waals surface area contributed by atoms with Crippen LogP contribution in [0, 0.1) is 5.82 Å². The monoisotopic (exact) mass is 327 g/mol. The van der Waals surface area contributed by atoms with E-state index in [2.05, 4.69) is 17.4 Å². The van der Waals surface area contributed by atoms with Gasteiger partial charge in [0.2, 0.25) is 0 Å². The largest absolute Gasteiger partial charge is 0.481 e. The molecule has 1 aliphatic rings. The minimum Gasteiger partial charge on any atom is -0.481 e. The molecule has 0 aliphatic heterocycles. The van der Waals surface area contributed by atoms with Crippen molar-refractivity contribution in [3.63, 3.8) is 0 Å². The van der Waals surface area contributed by atoms with Crippen molar-refractivity contribution in [2.24, 2.45) is 0 Å². The third kappa shape index (κ3) is 3.75. The van der Waals surface area contributed by atoms with Gasteiger partial charge in [-0.1, -0.05) is 31.2 Å². The molecule has 2 aromatic carbocycles. The number of nitrogens with one attached hydrogen (secondary N) is 1. The van der Waals surface area contributed by atoms with Crippen LogP contribution >= 0.6 is 0 Å². The van der Waals surface area contributed by atoms with Gasteiger partial charge < -0.3 is 10.1 Å².